The van der Waals surface area contributed by atoms with E-state index in [1.807, 2.05) is 49.0 Å². The van der Waals surface area contributed by atoms with Gasteiger partial charge in [-0.3, -0.25) is 9.78 Å². The first-order chi connectivity index (χ1) is 9.16. The molecule has 0 fully saturated rings. The Labute approximate surface area is 112 Å². The van der Waals surface area contributed by atoms with Gasteiger partial charge in [0.2, 0.25) is 5.91 Å². The molecule has 0 spiro atoms. The fourth-order valence-electron chi connectivity index (χ4n) is 1.67. The van der Waals surface area contributed by atoms with Crippen molar-refractivity contribution in [1.29, 1.82) is 0 Å². The van der Waals surface area contributed by atoms with Crippen molar-refractivity contribution >= 4 is 11.6 Å². The molecule has 0 aliphatic rings. The average molecular weight is 256 g/mol. The summed E-state index contributed by atoms with van der Waals surface area (Å²) >= 11 is 0. The first-order valence-electron chi connectivity index (χ1n) is 6.00. The fraction of sp³-hybridized carbons (Fsp3) is 0.214. The molecule has 2 heterocycles. The first kappa shape index (κ1) is 13.0. The third-order valence-electron chi connectivity index (χ3n) is 2.82. The number of pyridine rings is 1. The van der Waals surface area contributed by atoms with Gasteiger partial charge in [0.15, 0.2) is 0 Å². The van der Waals surface area contributed by atoms with Crippen molar-refractivity contribution in [3.8, 4) is 0 Å². The van der Waals surface area contributed by atoms with E-state index in [1.165, 1.54) is 0 Å². The molecule has 0 atom stereocenters. The van der Waals surface area contributed by atoms with Crippen molar-refractivity contribution < 1.29 is 4.79 Å². The van der Waals surface area contributed by atoms with E-state index < -0.39 is 0 Å². The Kier molecular flexibility index (Phi) is 4.07. The highest BCUT2D eigenvalue weighted by Gasteiger charge is 2.05. The number of hydrazone groups is 1. The van der Waals surface area contributed by atoms with E-state index >= 15 is 0 Å². The van der Waals surface area contributed by atoms with Gasteiger partial charge in [0, 0.05) is 36.9 Å². The summed E-state index contributed by atoms with van der Waals surface area (Å²) in [5, 5.41) is 4.07. The highest BCUT2D eigenvalue weighted by Crippen LogP contribution is 2.01. The Bertz CT molecular complexity index is 587. The molecule has 0 radical (unpaired) electrons. The summed E-state index contributed by atoms with van der Waals surface area (Å²) in [6.07, 6.45) is 5.63. The van der Waals surface area contributed by atoms with Crippen LogP contribution in [0.15, 0.2) is 48.0 Å². The molecule has 98 valence electrons. The van der Waals surface area contributed by atoms with E-state index in [-0.39, 0.29) is 5.91 Å². The van der Waals surface area contributed by atoms with Crippen molar-refractivity contribution in [2.75, 3.05) is 0 Å². The van der Waals surface area contributed by atoms with Crippen LogP contribution in [0, 0.1) is 0 Å². The van der Waals surface area contributed by atoms with E-state index in [0.717, 1.165) is 17.0 Å². The molecule has 5 heteroatoms. The maximum absolute atomic E-state index is 11.8. The van der Waals surface area contributed by atoms with Gasteiger partial charge in [0.05, 0.1) is 12.1 Å². The summed E-state index contributed by atoms with van der Waals surface area (Å²) in [4.78, 5) is 15.8. The zero-order valence-electron chi connectivity index (χ0n) is 11.0. The minimum atomic E-state index is -0.134. The SMILES string of the molecule is C/C(=N/NC(=O)Cc1cccn1C)c1cccnc1. The zero-order chi connectivity index (χ0) is 13.7. The number of aromatic nitrogens is 2. The fourth-order valence-corrected chi connectivity index (χ4v) is 1.67. The predicted molar refractivity (Wildman–Crippen MR) is 73.7 cm³/mol. The number of aryl methyl sites for hydroxylation is 1. The van der Waals surface area contributed by atoms with Crippen LogP contribution in [0.1, 0.15) is 18.2 Å². The van der Waals surface area contributed by atoms with Crippen LogP contribution in [0.4, 0.5) is 0 Å². The van der Waals surface area contributed by atoms with Crippen LogP contribution >= 0.6 is 0 Å². The van der Waals surface area contributed by atoms with Crippen molar-refractivity contribution in [3.63, 3.8) is 0 Å². The highest BCUT2D eigenvalue weighted by molar-refractivity contribution is 5.98. The molecule has 1 amide bonds. The number of nitrogens with zero attached hydrogens (tertiary/aromatic N) is 3. The minimum Gasteiger partial charge on any atom is -0.354 e. The van der Waals surface area contributed by atoms with Gasteiger partial charge in [0.25, 0.3) is 0 Å². The van der Waals surface area contributed by atoms with Crippen LogP contribution in [0.3, 0.4) is 0 Å². The normalized spacial score (nSPS) is 11.4. The highest BCUT2D eigenvalue weighted by atomic mass is 16.2. The zero-order valence-corrected chi connectivity index (χ0v) is 11.0. The Hall–Kier alpha value is -2.43. The van der Waals surface area contributed by atoms with E-state index in [2.05, 4.69) is 15.5 Å². The third-order valence-corrected chi connectivity index (χ3v) is 2.82. The average Bonchev–Trinajstić information content (AvgIpc) is 2.82. The number of amides is 1. The number of hydrogen-bond donors (Lipinski definition) is 1. The monoisotopic (exact) mass is 256 g/mol. The molecule has 0 aromatic carbocycles. The van der Waals surface area contributed by atoms with Crippen molar-refractivity contribution in [1.82, 2.24) is 15.0 Å². The largest absolute Gasteiger partial charge is 0.354 e. The van der Waals surface area contributed by atoms with Crippen LogP contribution < -0.4 is 5.43 Å². The van der Waals surface area contributed by atoms with Crippen LogP contribution in [-0.2, 0) is 18.3 Å². The maximum atomic E-state index is 11.8. The molecule has 0 bridgehead atoms. The van der Waals surface area contributed by atoms with Gasteiger partial charge < -0.3 is 4.57 Å². The molecular formula is C14H16N4O. The third kappa shape index (κ3) is 3.51. The molecule has 0 unspecified atom stereocenters. The molecular weight excluding hydrogens is 240 g/mol. The van der Waals surface area contributed by atoms with Crippen LogP contribution in [-0.4, -0.2) is 21.2 Å². The molecule has 0 aliphatic heterocycles. The van der Waals surface area contributed by atoms with E-state index in [4.69, 9.17) is 0 Å². The minimum absolute atomic E-state index is 0.134. The summed E-state index contributed by atoms with van der Waals surface area (Å²) in [6.45, 7) is 1.83. The molecule has 2 rings (SSSR count). The number of carbonyl (C=O) groups excluding carboxylic acids is 1. The Morgan fingerprint density at radius 1 is 1.42 bits per heavy atom. The van der Waals surface area contributed by atoms with Gasteiger partial charge in [-0.25, -0.2) is 5.43 Å². The van der Waals surface area contributed by atoms with Crippen molar-refractivity contribution in [3.05, 3.63) is 54.1 Å². The van der Waals surface area contributed by atoms with E-state index in [9.17, 15) is 4.79 Å². The Balaban J connectivity index is 1.95. The molecule has 19 heavy (non-hydrogen) atoms. The number of carbonyl (C=O) groups is 1. The molecule has 5 nitrogen and oxygen atoms in total. The first-order valence-corrected chi connectivity index (χ1v) is 6.00. The summed E-state index contributed by atoms with van der Waals surface area (Å²) < 4.78 is 1.91. The maximum Gasteiger partial charge on any atom is 0.246 e. The van der Waals surface area contributed by atoms with Gasteiger partial charge in [-0.05, 0) is 25.1 Å². The standard InChI is InChI=1S/C14H16N4O/c1-11(12-5-3-7-15-10-12)16-17-14(19)9-13-6-4-8-18(13)2/h3-8,10H,9H2,1-2H3,(H,17,19)/b16-11-. The van der Waals surface area contributed by atoms with Crippen LogP contribution in [0.2, 0.25) is 0 Å². The van der Waals surface area contributed by atoms with Gasteiger partial charge in [-0.15, -0.1) is 0 Å². The smallest absolute Gasteiger partial charge is 0.246 e. The molecule has 1 N–H and O–H groups in total. The van der Waals surface area contributed by atoms with Crippen molar-refractivity contribution in [2.45, 2.75) is 13.3 Å². The second-order valence-electron chi connectivity index (χ2n) is 4.26. The molecule has 2 aromatic heterocycles. The predicted octanol–water partition coefficient (Wildman–Crippen LogP) is 1.50. The van der Waals surface area contributed by atoms with Crippen LogP contribution in [0.5, 0.6) is 0 Å². The second kappa shape index (κ2) is 5.95. The van der Waals surface area contributed by atoms with Gasteiger partial charge in [-0.1, -0.05) is 6.07 Å². The lowest BCUT2D eigenvalue weighted by molar-refractivity contribution is -0.120. The molecule has 0 saturated heterocycles. The van der Waals surface area contributed by atoms with Gasteiger partial charge in [-0.2, -0.15) is 5.10 Å². The second-order valence-corrected chi connectivity index (χ2v) is 4.26. The number of nitrogens with one attached hydrogen (secondary N) is 1. The van der Waals surface area contributed by atoms with Gasteiger partial charge in [0.1, 0.15) is 0 Å². The summed E-state index contributed by atoms with van der Waals surface area (Å²) in [5.74, 6) is -0.134. The lowest BCUT2D eigenvalue weighted by atomic mass is 10.2. The Morgan fingerprint density at radius 3 is 2.89 bits per heavy atom. The van der Waals surface area contributed by atoms with E-state index in [0.29, 0.717) is 6.42 Å². The number of hydrogen-bond acceptors (Lipinski definition) is 3. The molecule has 0 aliphatic carbocycles. The summed E-state index contributed by atoms with van der Waals surface area (Å²) in [6, 6.07) is 7.55. The van der Waals surface area contributed by atoms with Crippen molar-refractivity contribution in [2.24, 2.45) is 12.1 Å². The van der Waals surface area contributed by atoms with Crippen LogP contribution in [0.25, 0.3) is 0 Å². The van der Waals surface area contributed by atoms with Gasteiger partial charge >= 0.3 is 0 Å². The lowest BCUT2D eigenvalue weighted by Crippen LogP contribution is -2.22. The van der Waals surface area contributed by atoms with E-state index in [1.54, 1.807) is 12.4 Å². The summed E-state index contributed by atoms with van der Waals surface area (Å²) in [5.41, 5.74) is 5.13. The number of rotatable bonds is 4. The quantitative estimate of drug-likeness (QED) is 0.665. The lowest BCUT2D eigenvalue weighted by Gasteiger charge is -2.04. The topological polar surface area (TPSA) is 59.3 Å². The Morgan fingerprint density at radius 2 is 2.26 bits per heavy atom. The molecule has 2 aromatic rings. The molecule has 0 saturated carbocycles. The summed E-state index contributed by atoms with van der Waals surface area (Å²) in [7, 11) is 1.91.